The van der Waals surface area contributed by atoms with Crippen LogP contribution in [0.25, 0.3) is 0 Å². The van der Waals surface area contributed by atoms with Crippen molar-refractivity contribution in [2.24, 2.45) is 10.8 Å². The number of aliphatic carboxylic acids is 1. The number of carbonyl (C=O) groups excluding carboxylic acids is 2. The number of nitrogens with zero attached hydrogens (tertiary/aromatic N) is 1. The second-order valence-electron chi connectivity index (χ2n) is 13.3. The van der Waals surface area contributed by atoms with Crippen LogP contribution >= 0.6 is 34.8 Å². The van der Waals surface area contributed by atoms with Gasteiger partial charge in [-0.3, -0.25) is 14.4 Å². The minimum atomic E-state index is -1.03. The fourth-order valence-electron chi connectivity index (χ4n) is 6.65. The molecule has 2 aliphatic carbocycles. The minimum absolute atomic E-state index is 0.104. The average Bonchev–Trinajstić information content (AvgIpc) is 2.88. The van der Waals surface area contributed by atoms with Crippen molar-refractivity contribution < 1.29 is 29.0 Å². The van der Waals surface area contributed by atoms with Crippen molar-refractivity contribution in [1.29, 1.82) is 0 Å². The SMILES string of the molecule is CCOc1cc(C2C3=C(CC(C)(C)CC3=O)N(CC(=O)O)C3=C2C(=O)CC(C)(C)C3)cc(Cl)c1OCc1ccc(Cl)cc1Cl. The minimum Gasteiger partial charge on any atom is -0.490 e. The zero-order chi connectivity index (χ0) is 32.1. The molecular formula is C34H36Cl3NO6. The van der Waals surface area contributed by atoms with Crippen LogP contribution < -0.4 is 9.47 Å². The maximum Gasteiger partial charge on any atom is 0.323 e. The van der Waals surface area contributed by atoms with Gasteiger partial charge in [0.2, 0.25) is 0 Å². The molecule has 1 heterocycles. The molecule has 0 aromatic heterocycles. The molecule has 0 fully saturated rings. The lowest BCUT2D eigenvalue weighted by Gasteiger charge is -2.48. The first-order valence-corrected chi connectivity index (χ1v) is 15.8. The highest BCUT2D eigenvalue weighted by atomic mass is 35.5. The average molecular weight is 661 g/mol. The predicted molar refractivity (Wildman–Crippen MR) is 171 cm³/mol. The monoisotopic (exact) mass is 659 g/mol. The first-order valence-electron chi connectivity index (χ1n) is 14.7. The molecule has 0 amide bonds. The van der Waals surface area contributed by atoms with E-state index < -0.39 is 11.9 Å². The summed E-state index contributed by atoms with van der Waals surface area (Å²) in [6.07, 6.45) is 1.55. The van der Waals surface area contributed by atoms with E-state index in [4.69, 9.17) is 44.3 Å². The van der Waals surface area contributed by atoms with E-state index in [1.165, 1.54) is 0 Å². The second kappa shape index (κ2) is 12.1. The Morgan fingerprint density at radius 1 is 0.886 bits per heavy atom. The molecule has 0 saturated heterocycles. The van der Waals surface area contributed by atoms with E-state index in [9.17, 15) is 19.5 Å². The smallest absolute Gasteiger partial charge is 0.323 e. The number of carbonyl (C=O) groups is 3. The zero-order valence-corrected chi connectivity index (χ0v) is 27.8. The van der Waals surface area contributed by atoms with Gasteiger partial charge in [-0.2, -0.15) is 0 Å². The Balaban J connectivity index is 1.68. The Kier molecular flexibility index (Phi) is 8.89. The molecule has 0 radical (unpaired) electrons. The van der Waals surface area contributed by atoms with E-state index in [1.807, 2.05) is 34.6 Å². The van der Waals surface area contributed by atoms with Gasteiger partial charge in [-0.1, -0.05) is 68.6 Å². The molecule has 44 heavy (non-hydrogen) atoms. The van der Waals surface area contributed by atoms with Crippen molar-refractivity contribution in [2.75, 3.05) is 13.2 Å². The van der Waals surface area contributed by atoms with Crippen molar-refractivity contribution >= 4 is 52.3 Å². The number of ketones is 2. The summed E-state index contributed by atoms with van der Waals surface area (Å²) in [7, 11) is 0. The number of halogens is 3. The summed E-state index contributed by atoms with van der Waals surface area (Å²) >= 11 is 19.3. The van der Waals surface area contributed by atoms with Crippen LogP contribution in [0.3, 0.4) is 0 Å². The van der Waals surface area contributed by atoms with Crippen LogP contribution in [0, 0.1) is 10.8 Å². The van der Waals surface area contributed by atoms with Crippen molar-refractivity contribution in [1.82, 2.24) is 4.90 Å². The Morgan fingerprint density at radius 2 is 1.48 bits per heavy atom. The molecule has 5 rings (SSSR count). The lowest BCUT2D eigenvalue weighted by atomic mass is 9.63. The number of benzene rings is 2. The standard InChI is InChI=1S/C34H36Cl3NO6/c1-6-43-27-10-19(9-22(37)32(27)44-17-18-7-8-20(35)11-21(18)36)29-30-23(12-33(2,3)14-25(30)39)38(16-28(41)42)24-13-34(4,5)15-26(40)31(24)29/h7-11,29H,6,12-17H2,1-5H3,(H,41,42). The highest BCUT2D eigenvalue weighted by Gasteiger charge is 2.49. The molecule has 1 N–H and O–H groups in total. The number of Topliss-reactive ketones (excluding diaryl/α,β-unsaturated/α-hetero) is 2. The number of carboxylic acids is 1. The maximum absolute atomic E-state index is 14.0. The molecule has 0 atom stereocenters. The van der Waals surface area contributed by atoms with Gasteiger partial charge in [0.15, 0.2) is 23.1 Å². The number of hydrogen-bond donors (Lipinski definition) is 1. The molecule has 2 aromatic carbocycles. The molecule has 0 spiro atoms. The molecular weight excluding hydrogens is 625 g/mol. The number of hydrogen-bond acceptors (Lipinski definition) is 6. The summed E-state index contributed by atoms with van der Waals surface area (Å²) in [5.74, 6) is -1.28. The Morgan fingerprint density at radius 3 is 2.00 bits per heavy atom. The van der Waals surface area contributed by atoms with E-state index >= 15 is 0 Å². The Hall–Kier alpha value is -3.00. The quantitative estimate of drug-likeness (QED) is 0.304. The highest BCUT2D eigenvalue weighted by molar-refractivity contribution is 6.35. The van der Waals surface area contributed by atoms with Gasteiger partial charge in [-0.15, -0.1) is 0 Å². The Bertz CT molecular complexity index is 1570. The molecule has 1 aliphatic heterocycles. The molecule has 0 bridgehead atoms. The third-order valence-corrected chi connectivity index (χ3v) is 9.24. The van der Waals surface area contributed by atoms with Crippen LogP contribution in [0.1, 0.15) is 77.3 Å². The van der Waals surface area contributed by atoms with Gasteiger partial charge in [0.25, 0.3) is 0 Å². The van der Waals surface area contributed by atoms with E-state index in [1.54, 1.807) is 35.2 Å². The summed E-state index contributed by atoms with van der Waals surface area (Å²) in [5.41, 5.74) is 2.81. The predicted octanol–water partition coefficient (Wildman–Crippen LogP) is 8.39. The van der Waals surface area contributed by atoms with Crippen molar-refractivity contribution in [2.45, 2.75) is 72.8 Å². The lowest BCUT2D eigenvalue weighted by Crippen LogP contribution is -2.45. The number of rotatable bonds is 8. The van der Waals surface area contributed by atoms with Gasteiger partial charge in [-0.05, 0) is 60.4 Å². The summed E-state index contributed by atoms with van der Waals surface area (Å²) in [6, 6.07) is 8.62. The van der Waals surface area contributed by atoms with Crippen LogP contribution in [-0.2, 0) is 21.0 Å². The van der Waals surface area contributed by atoms with Crippen LogP contribution in [0.2, 0.25) is 15.1 Å². The molecule has 7 nitrogen and oxygen atoms in total. The normalized spacial score (nSPS) is 19.6. The highest BCUT2D eigenvalue weighted by Crippen LogP contribution is 2.55. The van der Waals surface area contributed by atoms with Crippen LogP contribution in [0.4, 0.5) is 0 Å². The van der Waals surface area contributed by atoms with Gasteiger partial charge in [0.1, 0.15) is 13.2 Å². The molecule has 2 aromatic rings. The first kappa shape index (κ1) is 32.4. The van der Waals surface area contributed by atoms with Crippen LogP contribution in [0.15, 0.2) is 52.9 Å². The molecule has 0 saturated carbocycles. The second-order valence-corrected chi connectivity index (χ2v) is 14.6. The lowest BCUT2D eigenvalue weighted by molar-refractivity contribution is -0.138. The van der Waals surface area contributed by atoms with Gasteiger partial charge < -0.3 is 19.5 Å². The van der Waals surface area contributed by atoms with Gasteiger partial charge in [-0.25, -0.2) is 0 Å². The van der Waals surface area contributed by atoms with Crippen molar-refractivity contribution in [3.63, 3.8) is 0 Å². The van der Waals surface area contributed by atoms with Gasteiger partial charge in [0, 0.05) is 56.9 Å². The van der Waals surface area contributed by atoms with Crippen molar-refractivity contribution in [3.05, 3.63) is 79.1 Å². The largest absolute Gasteiger partial charge is 0.490 e. The number of allylic oxidation sites excluding steroid dienone is 4. The van der Waals surface area contributed by atoms with E-state index in [2.05, 4.69) is 0 Å². The first-order chi connectivity index (χ1) is 20.6. The number of carboxylic acid groups (broad SMARTS) is 1. The molecule has 10 heteroatoms. The topological polar surface area (TPSA) is 93.1 Å². The van der Waals surface area contributed by atoms with E-state index in [0.717, 1.165) is 0 Å². The van der Waals surface area contributed by atoms with Crippen molar-refractivity contribution in [3.8, 4) is 11.5 Å². The van der Waals surface area contributed by atoms with E-state index in [0.29, 0.717) is 74.7 Å². The van der Waals surface area contributed by atoms with Crippen LogP contribution in [0.5, 0.6) is 11.5 Å². The third kappa shape index (κ3) is 6.37. The van der Waals surface area contributed by atoms with E-state index in [-0.39, 0.29) is 53.4 Å². The molecule has 0 unspecified atom stereocenters. The fraction of sp³-hybridized carbons (Fsp3) is 0.441. The van der Waals surface area contributed by atoms with Gasteiger partial charge in [0.05, 0.1) is 11.6 Å². The maximum atomic E-state index is 14.0. The molecule has 234 valence electrons. The van der Waals surface area contributed by atoms with Crippen LogP contribution in [-0.4, -0.2) is 40.7 Å². The Labute approximate surface area is 272 Å². The number of ether oxygens (including phenoxy) is 2. The zero-order valence-electron chi connectivity index (χ0n) is 25.5. The fourth-order valence-corrected chi connectivity index (χ4v) is 7.39. The summed E-state index contributed by atoms with van der Waals surface area (Å²) in [5, 5.41) is 11.1. The molecule has 3 aliphatic rings. The summed E-state index contributed by atoms with van der Waals surface area (Å²) in [6.45, 7) is 9.95. The summed E-state index contributed by atoms with van der Waals surface area (Å²) < 4.78 is 12.1. The van der Waals surface area contributed by atoms with Gasteiger partial charge >= 0.3 is 5.97 Å². The third-order valence-electron chi connectivity index (χ3n) is 8.37. The summed E-state index contributed by atoms with van der Waals surface area (Å²) in [4.78, 5) is 41.8.